The molecule has 2 rings (SSSR count). The van der Waals surface area contributed by atoms with Gasteiger partial charge in [0.05, 0.1) is 10.5 Å². The number of alkyl halides is 2. The van der Waals surface area contributed by atoms with Gasteiger partial charge in [0.15, 0.2) is 5.82 Å². The lowest BCUT2D eigenvalue weighted by atomic mass is 10.3. The second kappa shape index (κ2) is 3.47. The van der Waals surface area contributed by atoms with Crippen LogP contribution in [0, 0.1) is 0 Å². The molecule has 0 unspecified atom stereocenters. The van der Waals surface area contributed by atoms with Crippen molar-refractivity contribution in [3.05, 3.63) is 27.5 Å². The van der Waals surface area contributed by atoms with Crippen LogP contribution in [0.1, 0.15) is 12.2 Å². The van der Waals surface area contributed by atoms with Crippen LogP contribution < -0.4 is 0 Å². The zero-order valence-electron chi connectivity index (χ0n) is 6.69. The third-order valence-corrected chi connectivity index (χ3v) is 3.04. The molecule has 0 saturated carbocycles. The van der Waals surface area contributed by atoms with Crippen molar-refractivity contribution in [1.29, 1.82) is 0 Å². The number of rotatable bonds is 1. The van der Waals surface area contributed by atoms with E-state index in [1.165, 1.54) is 0 Å². The predicted octanol–water partition coefficient (Wildman–Crippen LogP) is 3.92. The Hall–Kier alpha value is -0.680. The Labute approximate surface area is 91.4 Å². The van der Waals surface area contributed by atoms with E-state index < -0.39 is 6.43 Å². The first-order chi connectivity index (χ1) is 6.59. The Morgan fingerprint density at radius 3 is 2.79 bits per heavy atom. The van der Waals surface area contributed by atoms with Crippen molar-refractivity contribution in [2.24, 2.45) is 0 Å². The van der Waals surface area contributed by atoms with E-state index in [0.717, 1.165) is 0 Å². The molecule has 2 aromatic rings. The zero-order valence-corrected chi connectivity index (χ0v) is 9.03. The second-order valence-electron chi connectivity index (χ2n) is 2.68. The van der Waals surface area contributed by atoms with Gasteiger partial charge in [0.1, 0.15) is 5.52 Å². The first-order valence-electron chi connectivity index (χ1n) is 3.71. The summed E-state index contributed by atoms with van der Waals surface area (Å²) in [5.74, 6) is -0.361. The molecule has 1 aromatic carbocycles. The minimum absolute atomic E-state index is 0.339. The van der Waals surface area contributed by atoms with Gasteiger partial charge in [-0.15, -0.1) is 0 Å². The number of halogens is 4. The average molecular weight is 281 g/mol. The Bertz CT molecular complexity index is 483. The third-order valence-electron chi connectivity index (χ3n) is 1.77. The molecule has 0 aliphatic carbocycles. The summed E-state index contributed by atoms with van der Waals surface area (Å²) in [6, 6.07) is 3.32. The molecule has 14 heavy (non-hydrogen) atoms. The molecule has 1 heterocycles. The molecule has 0 spiro atoms. The van der Waals surface area contributed by atoms with Gasteiger partial charge in [0.2, 0.25) is 0 Å². The largest absolute Gasteiger partial charge is 0.337 e. The second-order valence-corrected chi connectivity index (χ2v) is 3.91. The number of aromatic nitrogens is 2. The number of fused-ring (bicyclic) bond motifs is 1. The predicted molar refractivity (Wildman–Crippen MR) is 53.8 cm³/mol. The Morgan fingerprint density at radius 1 is 1.43 bits per heavy atom. The normalized spacial score (nSPS) is 11.5. The van der Waals surface area contributed by atoms with Crippen LogP contribution in [0.4, 0.5) is 8.78 Å². The van der Waals surface area contributed by atoms with Crippen LogP contribution >= 0.6 is 27.5 Å². The van der Waals surface area contributed by atoms with Crippen molar-refractivity contribution in [3.63, 3.8) is 0 Å². The minimum atomic E-state index is -2.61. The monoisotopic (exact) mass is 280 g/mol. The Kier molecular flexibility index (Phi) is 2.45. The van der Waals surface area contributed by atoms with E-state index in [9.17, 15) is 8.78 Å². The highest BCUT2D eigenvalue weighted by atomic mass is 79.9. The molecular weight excluding hydrogens is 277 g/mol. The van der Waals surface area contributed by atoms with E-state index >= 15 is 0 Å². The van der Waals surface area contributed by atoms with Crippen molar-refractivity contribution in [1.82, 2.24) is 9.97 Å². The molecule has 1 aromatic heterocycles. The van der Waals surface area contributed by atoms with E-state index in [1.54, 1.807) is 12.1 Å². The fraction of sp³-hybridized carbons (Fsp3) is 0.125. The van der Waals surface area contributed by atoms with Crippen LogP contribution in [-0.4, -0.2) is 9.97 Å². The van der Waals surface area contributed by atoms with Gasteiger partial charge < -0.3 is 4.98 Å². The molecule has 0 aliphatic heterocycles. The first kappa shape index (κ1) is 9.86. The maximum atomic E-state index is 12.3. The number of hydrogen-bond acceptors (Lipinski definition) is 1. The molecule has 0 fully saturated rings. The van der Waals surface area contributed by atoms with Crippen LogP contribution in [-0.2, 0) is 0 Å². The summed E-state index contributed by atoms with van der Waals surface area (Å²) >= 11 is 9.06. The summed E-state index contributed by atoms with van der Waals surface area (Å²) in [6.07, 6.45) is -2.61. The summed E-state index contributed by atoms with van der Waals surface area (Å²) in [4.78, 5) is 6.20. The van der Waals surface area contributed by atoms with Gasteiger partial charge in [-0.1, -0.05) is 11.6 Å². The number of benzene rings is 1. The smallest absolute Gasteiger partial charge is 0.295 e. The number of hydrogen-bond donors (Lipinski definition) is 1. The van der Waals surface area contributed by atoms with Crippen molar-refractivity contribution in [2.75, 3.05) is 0 Å². The van der Waals surface area contributed by atoms with Crippen molar-refractivity contribution in [3.8, 4) is 0 Å². The number of nitrogens with one attached hydrogen (secondary N) is 1. The third kappa shape index (κ3) is 1.50. The summed E-state index contributed by atoms with van der Waals surface area (Å²) in [5, 5.41) is 0.339. The van der Waals surface area contributed by atoms with Crippen molar-refractivity contribution in [2.45, 2.75) is 6.43 Å². The van der Waals surface area contributed by atoms with E-state index in [1.807, 2.05) is 0 Å². The minimum Gasteiger partial charge on any atom is -0.337 e. The fourth-order valence-corrected chi connectivity index (χ4v) is 1.67. The summed E-state index contributed by atoms with van der Waals surface area (Å²) in [5.41, 5.74) is 0.866. The molecule has 2 nitrogen and oxygen atoms in total. The maximum Gasteiger partial charge on any atom is 0.295 e. The van der Waals surface area contributed by atoms with E-state index in [2.05, 4.69) is 25.9 Å². The standard InChI is InChI=1S/C8H4BrClF2N2/c9-3-1-2-4-6(5(3)10)14-8(13-4)7(11)12/h1-2,7H,(H,13,14). The maximum absolute atomic E-state index is 12.3. The molecule has 0 radical (unpaired) electrons. The fourth-order valence-electron chi connectivity index (χ4n) is 1.14. The van der Waals surface area contributed by atoms with Gasteiger partial charge in [-0.05, 0) is 28.1 Å². The van der Waals surface area contributed by atoms with Gasteiger partial charge in [0, 0.05) is 4.47 Å². The molecule has 1 N–H and O–H groups in total. The van der Waals surface area contributed by atoms with Crippen molar-refractivity contribution >= 4 is 38.6 Å². The molecule has 0 bridgehead atoms. The molecular formula is C8H4BrClF2N2. The van der Waals surface area contributed by atoms with Crippen LogP contribution in [0.2, 0.25) is 5.02 Å². The topological polar surface area (TPSA) is 28.7 Å². The SMILES string of the molecule is FC(F)c1nc2c(Cl)c(Br)ccc2[nH]1. The van der Waals surface area contributed by atoms with Gasteiger partial charge in [-0.3, -0.25) is 0 Å². The number of aromatic amines is 1. The van der Waals surface area contributed by atoms with E-state index in [-0.39, 0.29) is 5.82 Å². The first-order valence-corrected chi connectivity index (χ1v) is 4.88. The lowest BCUT2D eigenvalue weighted by Crippen LogP contribution is -1.85. The average Bonchev–Trinajstić information content (AvgIpc) is 2.56. The number of nitrogens with zero attached hydrogens (tertiary/aromatic N) is 1. The highest BCUT2D eigenvalue weighted by molar-refractivity contribution is 9.10. The number of imidazole rings is 1. The highest BCUT2D eigenvalue weighted by Crippen LogP contribution is 2.31. The van der Waals surface area contributed by atoms with Gasteiger partial charge >= 0.3 is 0 Å². The molecule has 0 atom stereocenters. The molecule has 6 heteroatoms. The highest BCUT2D eigenvalue weighted by Gasteiger charge is 2.14. The molecule has 0 amide bonds. The van der Waals surface area contributed by atoms with Crippen LogP contribution in [0.3, 0.4) is 0 Å². The number of H-pyrrole nitrogens is 1. The quantitative estimate of drug-likeness (QED) is 0.843. The van der Waals surface area contributed by atoms with Crippen LogP contribution in [0.15, 0.2) is 16.6 Å². The van der Waals surface area contributed by atoms with Crippen LogP contribution in [0.5, 0.6) is 0 Å². The van der Waals surface area contributed by atoms with Gasteiger partial charge in [-0.25, -0.2) is 13.8 Å². The lowest BCUT2D eigenvalue weighted by Gasteiger charge is -1.94. The summed E-state index contributed by atoms with van der Waals surface area (Å²) in [6.45, 7) is 0. The summed E-state index contributed by atoms with van der Waals surface area (Å²) in [7, 11) is 0. The molecule has 0 aliphatic rings. The van der Waals surface area contributed by atoms with E-state index in [0.29, 0.717) is 20.5 Å². The molecule has 74 valence electrons. The molecule has 0 saturated heterocycles. The van der Waals surface area contributed by atoms with Gasteiger partial charge in [0.25, 0.3) is 6.43 Å². The summed E-state index contributed by atoms with van der Waals surface area (Å²) < 4.78 is 25.2. The van der Waals surface area contributed by atoms with Crippen molar-refractivity contribution < 1.29 is 8.78 Å². The van der Waals surface area contributed by atoms with Crippen LogP contribution in [0.25, 0.3) is 11.0 Å². The Morgan fingerprint density at radius 2 is 2.14 bits per heavy atom. The Balaban J connectivity index is 2.71. The lowest BCUT2D eigenvalue weighted by molar-refractivity contribution is 0.142. The van der Waals surface area contributed by atoms with Gasteiger partial charge in [-0.2, -0.15) is 0 Å². The van der Waals surface area contributed by atoms with E-state index in [4.69, 9.17) is 11.6 Å². The zero-order chi connectivity index (χ0) is 10.3.